The van der Waals surface area contributed by atoms with Crippen molar-refractivity contribution in [3.8, 4) is 5.75 Å². The highest BCUT2D eigenvalue weighted by atomic mass is 32.2. The Bertz CT molecular complexity index is 918. The van der Waals surface area contributed by atoms with Gasteiger partial charge in [0.15, 0.2) is 5.16 Å². The average Bonchev–Trinajstić information content (AvgIpc) is 3.04. The van der Waals surface area contributed by atoms with Gasteiger partial charge in [-0.15, -0.1) is 11.3 Å². The molecule has 0 bridgehead atoms. The number of rotatable bonds is 5. The molecule has 3 rings (SSSR count). The summed E-state index contributed by atoms with van der Waals surface area (Å²) in [7, 11) is 1.59. The first-order chi connectivity index (χ1) is 11.6. The number of amides is 1. The Kier molecular flexibility index (Phi) is 4.86. The number of thiophene rings is 1. The van der Waals surface area contributed by atoms with Crippen LogP contribution in [0.25, 0.3) is 10.2 Å². The first kappa shape index (κ1) is 16.5. The number of hydrogen-bond donors (Lipinski definition) is 2. The SMILES string of the molecule is COc1ccc(NC(=O)C(C)Sc2nc3sccc3c(=O)[nH]2)cc1. The van der Waals surface area contributed by atoms with E-state index in [-0.39, 0.29) is 11.5 Å². The highest BCUT2D eigenvalue weighted by Crippen LogP contribution is 2.23. The number of H-pyrrole nitrogens is 1. The molecular formula is C16H15N3O3S2. The third kappa shape index (κ3) is 3.60. The number of nitrogens with one attached hydrogen (secondary N) is 2. The number of ether oxygens (including phenoxy) is 1. The minimum absolute atomic E-state index is 0.168. The maximum atomic E-state index is 12.3. The smallest absolute Gasteiger partial charge is 0.260 e. The summed E-state index contributed by atoms with van der Waals surface area (Å²) in [5.41, 5.74) is 0.495. The molecule has 0 saturated heterocycles. The van der Waals surface area contributed by atoms with Gasteiger partial charge in [-0.1, -0.05) is 11.8 Å². The molecule has 0 radical (unpaired) electrons. The summed E-state index contributed by atoms with van der Waals surface area (Å²) in [6.07, 6.45) is 0. The number of carbonyl (C=O) groups excluding carboxylic acids is 1. The van der Waals surface area contributed by atoms with E-state index in [1.54, 1.807) is 44.4 Å². The largest absolute Gasteiger partial charge is 0.497 e. The number of nitrogens with zero attached hydrogens (tertiary/aromatic N) is 1. The van der Waals surface area contributed by atoms with Gasteiger partial charge in [0.1, 0.15) is 10.6 Å². The van der Waals surface area contributed by atoms with Gasteiger partial charge in [-0.3, -0.25) is 9.59 Å². The molecule has 124 valence electrons. The van der Waals surface area contributed by atoms with E-state index in [2.05, 4.69) is 15.3 Å². The summed E-state index contributed by atoms with van der Waals surface area (Å²) in [6.45, 7) is 1.77. The zero-order chi connectivity index (χ0) is 17.1. The van der Waals surface area contributed by atoms with E-state index in [0.717, 1.165) is 5.75 Å². The van der Waals surface area contributed by atoms with Crippen LogP contribution >= 0.6 is 23.1 Å². The van der Waals surface area contributed by atoms with Crippen LogP contribution in [0.4, 0.5) is 5.69 Å². The normalized spacial score (nSPS) is 12.1. The van der Waals surface area contributed by atoms with Crippen LogP contribution in [0.5, 0.6) is 5.75 Å². The molecule has 8 heteroatoms. The van der Waals surface area contributed by atoms with E-state index >= 15 is 0 Å². The van der Waals surface area contributed by atoms with Gasteiger partial charge in [0.05, 0.1) is 17.7 Å². The molecule has 24 heavy (non-hydrogen) atoms. The fraction of sp³-hybridized carbons (Fsp3) is 0.188. The molecule has 3 aromatic rings. The van der Waals surface area contributed by atoms with Crippen LogP contribution in [0, 0.1) is 0 Å². The summed E-state index contributed by atoms with van der Waals surface area (Å²) < 4.78 is 5.08. The van der Waals surface area contributed by atoms with E-state index in [1.807, 2.05) is 5.38 Å². The lowest BCUT2D eigenvalue weighted by atomic mass is 10.3. The Balaban J connectivity index is 1.69. The molecule has 0 aliphatic heterocycles. The molecule has 1 atom stereocenters. The molecule has 2 N–H and O–H groups in total. The first-order valence-electron chi connectivity index (χ1n) is 7.16. The summed E-state index contributed by atoms with van der Waals surface area (Å²) in [5.74, 6) is 0.556. The predicted molar refractivity (Wildman–Crippen MR) is 97.2 cm³/mol. The summed E-state index contributed by atoms with van der Waals surface area (Å²) in [5, 5.41) is 5.25. The molecule has 2 aromatic heterocycles. The van der Waals surface area contributed by atoms with Crippen molar-refractivity contribution in [2.24, 2.45) is 0 Å². The van der Waals surface area contributed by atoms with Crippen molar-refractivity contribution in [2.75, 3.05) is 12.4 Å². The molecule has 0 spiro atoms. The molecular weight excluding hydrogens is 346 g/mol. The third-order valence-electron chi connectivity index (χ3n) is 3.33. The first-order valence-corrected chi connectivity index (χ1v) is 8.92. The summed E-state index contributed by atoms with van der Waals surface area (Å²) >= 11 is 2.61. The Hall–Kier alpha value is -2.32. The summed E-state index contributed by atoms with van der Waals surface area (Å²) in [4.78, 5) is 32.0. The molecule has 1 unspecified atom stereocenters. The van der Waals surface area contributed by atoms with Crippen LogP contribution in [0.15, 0.2) is 45.7 Å². The van der Waals surface area contributed by atoms with Crippen LogP contribution in [0.1, 0.15) is 6.92 Å². The lowest BCUT2D eigenvalue weighted by molar-refractivity contribution is -0.115. The molecule has 0 aliphatic rings. The van der Waals surface area contributed by atoms with Gasteiger partial charge in [0, 0.05) is 5.69 Å². The van der Waals surface area contributed by atoms with E-state index in [9.17, 15) is 9.59 Å². The van der Waals surface area contributed by atoms with Crippen molar-refractivity contribution >= 4 is 44.9 Å². The van der Waals surface area contributed by atoms with Crippen molar-refractivity contribution in [3.05, 3.63) is 46.1 Å². The quantitative estimate of drug-likeness (QED) is 0.539. The zero-order valence-corrected chi connectivity index (χ0v) is 14.7. The lowest BCUT2D eigenvalue weighted by Crippen LogP contribution is -2.23. The van der Waals surface area contributed by atoms with Gasteiger partial charge < -0.3 is 15.0 Å². The summed E-state index contributed by atoms with van der Waals surface area (Å²) in [6, 6.07) is 8.83. The van der Waals surface area contributed by atoms with E-state index in [1.165, 1.54) is 23.1 Å². The second-order valence-corrected chi connectivity index (χ2v) is 7.21. The third-order valence-corrected chi connectivity index (χ3v) is 5.12. The highest BCUT2D eigenvalue weighted by Gasteiger charge is 2.17. The molecule has 0 aliphatic carbocycles. The Morgan fingerprint density at radius 2 is 2.08 bits per heavy atom. The maximum Gasteiger partial charge on any atom is 0.260 e. The fourth-order valence-corrected chi connectivity index (χ4v) is 3.66. The van der Waals surface area contributed by atoms with Crippen molar-refractivity contribution in [3.63, 3.8) is 0 Å². The number of thioether (sulfide) groups is 1. The Labute approximate surface area is 146 Å². The van der Waals surface area contributed by atoms with Gasteiger partial charge in [0.25, 0.3) is 5.56 Å². The number of benzene rings is 1. The van der Waals surface area contributed by atoms with Gasteiger partial charge >= 0.3 is 0 Å². The average molecular weight is 361 g/mol. The molecule has 1 aromatic carbocycles. The minimum atomic E-state index is -0.410. The highest BCUT2D eigenvalue weighted by molar-refractivity contribution is 8.00. The van der Waals surface area contributed by atoms with Crippen molar-refractivity contribution in [1.29, 1.82) is 0 Å². The molecule has 6 nitrogen and oxygen atoms in total. The fourth-order valence-electron chi connectivity index (χ4n) is 2.04. The number of fused-ring (bicyclic) bond motifs is 1. The van der Waals surface area contributed by atoms with Gasteiger partial charge in [-0.2, -0.15) is 0 Å². The molecule has 2 heterocycles. The topological polar surface area (TPSA) is 84.1 Å². The molecule has 0 saturated carbocycles. The second-order valence-electron chi connectivity index (χ2n) is 4.99. The van der Waals surface area contributed by atoms with Crippen molar-refractivity contribution in [1.82, 2.24) is 9.97 Å². The van der Waals surface area contributed by atoms with Gasteiger partial charge in [-0.05, 0) is 42.6 Å². The van der Waals surface area contributed by atoms with Crippen LogP contribution in [0.3, 0.4) is 0 Å². The van der Waals surface area contributed by atoms with Crippen molar-refractivity contribution < 1.29 is 9.53 Å². The van der Waals surface area contributed by atoms with Crippen LogP contribution in [0.2, 0.25) is 0 Å². The van der Waals surface area contributed by atoms with Crippen LogP contribution in [-0.4, -0.2) is 28.2 Å². The van der Waals surface area contributed by atoms with Gasteiger partial charge in [-0.25, -0.2) is 4.98 Å². The Morgan fingerprint density at radius 3 is 2.79 bits per heavy atom. The number of carbonyl (C=O) groups is 1. The predicted octanol–water partition coefficient (Wildman–Crippen LogP) is 3.11. The molecule has 0 fully saturated rings. The number of anilines is 1. The molecule has 1 amide bonds. The van der Waals surface area contributed by atoms with E-state index < -0.39 is 5.25 Å². The number of aromatic amines is 1. The zero-order valence-electron chi connectivity index (χ0n) is 13.0. The van der Waals surface area contributed by atoms with Crippen LogP contribution in [-0.2, 0) is 4.79 Å². The second kappa shape index (κ2) is 7.06. The van der Waals surface area contributed by atoms with Crippen LogP contribution < -0.4 is 15.6 Å². The Morgan fingerprint density at radius 1 is 1.33 bits per heavy atom. The van der Waals surface area contributed by atoms with Crippen molar-refractivity contribution in [2.45, 2.75) is 17.3 Å². The number of aromatic nitrogens is 2. The van der Waals surface area contributed by atoms with Gasteiger partial charge in [0.2, 0.25) is 5.91 Å². The number of methoxy groups -OCH3 is 1. The van der Waals surface area contributed by atoms with E-state index in [0.29, 0.717) is 21.1 Å². The van der Waals surface area contributed by atoms with E-state index in [4.69, 9.17) is 4.74 Å². The lowest BCUT2D eigenvalue weighted by Gasteiger charge is -2.11. The monoisotopic (exact) mass is 361 g/mol. The number of hydrogen-bond acceptors (Lipinski definition) is 6. The maximum absolute atomic E-state index is 12.3. The minimum Gasteiger partial charge on any atom is -0.497 e. The standard InChI is InChI=1S/C16H15N3O3S2/c1-9(13(20)17-10-3-5-11(22-2)6-4-10)24-16-18-14(21)12-7-8-23-15(12)19-16/h3-9H,1-2H3,(H,17,20)(H,18,19,21).